The number of likely N-dealkylation sites (tertiary alicyclic amines) is 3. The fourth-order valence-electron chi connectivity index (χ4n) is 7.36. The number of hydrogen-bond acceptors (Lipinski definition) is 5. The second kappa shape index (κ2) is 15.7. The first-order chi connectivity index (χ1) is 20.9. The molecule has 3 aliphatic heterocycles. The number of amides is 2. The summed E-state index contributed by atoms with van der Waals surface area (Å²) in [6.45, 7) is 9.61. The molecular formula is C34H47Cl2N5O2. The van der Waals surface area contributed by atoms with Crippen LogP contribution in [-0.4, -0.2) is 86.4 Å². The summed E-state index contributed by atoms with van der Waals surface area (Å²) in [4.78, 5) is 29.9. The lowest BCUT2D eigenvalue weighted by Crippen LogP contribution is -2.43. The maximum Gasteiger partial charge on any atom is 0.233 e. The predicted octanol–water partition coefficient (Wildman–Crippen LogP) is 5.29. The molecule has 0 atom stereocenters. The second-order valence-corrected chi connectivity index (χ2v) is 13.7. The Bertz CT molecular complexity index is 1200. The molecule has 3 saturated heterocycles. The summed E-state index contributed by atoms with van der Waals surface area (Å²) in [7, 11) is 1.72. The highest BCUT2D eigenvalue weighted by molar-refractivity contribution is 6.35. The van der Waals surface area contributed by atoms with E-state index >= 15 is 0 Å². The van der Waals surface area contributed by atoms with E-state index in [0.29, 0.717) is 22.5 Å². The minimum atomic E-state index is 0.116. The number of carbonyl (C=O) groups is 2. The van der Waals surface area contributed by atoms with Gasteiger partial charge in [-0.2, -0.15) is 0 Å². The highest BCUT2D eigenvalue weighted by atomic mass is 35.5. The summed E-state index contributed by atoms with van der Waals surface area (Å²) in [6, 6.07) is 12.8. The van der Waals surface area contributed by atoms with Crippen LogP contribution in [0.15, 0.2) is 36.4 Å². The Labute approximate surface area is 267 Å². The Morgan fingerprint density at radius 3 is 1.74 bits per heavy atom. The summed E-state index contributed by atoms with van der Waals surface area (Å²) in [5.41, 5.74) is 4.89. The lowest BCUT2D eigenvalue weighted by molar-refractivity contribution is -0.122. The molecule has 0 saturated carbocycles. The van der Waals surface area contributed by atoms with Crippen molar-refractivity contribution >= 4 is 35.5 Å². The number of likely N-dealkylation sites (N-methyl/N-ethyl adjacent to an activating group) is 1. The number of halogens is 2. The molecule has 3 heterocycles. The molecule has 43 heavy (non-hydrogen) atoms. The summed E-state index contributed by atoms with van der Waals surface area (Å²) in [5.74, 6) is 2.25. The number of hydrogen-bond donors (Lipinski definition) is 2. The van der Waals surface area contributed by atoms with Gasteiger partial charge in [-0.15, -0.1) is 0 Å². The Balaban J connectivity index is 1.21. The molecular weight excluding hydrogens is 581 g/mol. The zero-order chi connectivity index (χ0) is 30.2. The first kappa shape index (κ1) is 32.2. The third-order valence-corrected chi connectivity index (χ3v) is 10.3. The van der Waals surface area contributed by atoms with Crippen LogP contribution in [0.5, 0.6) is 0 Å². The van der Waals surface area contributed by atoms with Crippen LogP contribution in [0.25, 0.3) is 11.1 Å². The van der Waals surface area contributed by atoms with E-state index < -0.39 is 0 Å². The molecule has 0 aromatic heterocycles. The lowest BCUT2D eigenvalue weighted by atomic mass is 9.78. The molecule has 2 N–H and O–H groups in total. The minimum Gasteiger partial charge on any atom is -0.358 e. The van der Waals surface area contributed by atoms with E-state index in [4.69, 9.17) is 23.2 Å². The molecule has 3 fully saturated rings. The van der Waals surface area contributed by atoms with Gasteiger partial charge in [0.05, 0.1) is 6.54 Å². The number of piperidine rings is 3. The monoisotopic (exact) mass is 627 g/mol. The van der Waals surface area contributed by atoms with Gasteiger partial charge in [-0.05, 0) is 148 Å². The van der Waals surface area contributed by atoms with Crippen molar-refractivity contribution in [2.75, 3.05) is 59.4 Å². The number of rotatable bonds is 11. The topological polar surface area (TPSA) is 67.9 Å². The first-order valence-corrected chi connectivity index (χ1v) is 16.8. The molecule has 0 unspecified atom stereocenters. The van der Waals surface area contributed by atoms with Gasteiger partial charge in [0.2, 0.25) is 12.3 Å². The zero-order valence-corrected chi connectivity index (χ0v) is 27.0. The van der Waals surface area contributed by atoms with Gasteiger partial charge >= 0.3 is 0 Å². The Morgan fingerprint density at radius 2 is 1.23 bits per heavy atom. The van der Waals surface area contributed by atoms with Gasteiger partial charge in [-0.25, -0.2) is 0 Å². The normalized spacial score (nSPS) is 20.3. The molecule has 7 nitrogen and oxygen atoms in total. The number of nitrogens with one attached hydrogen (secondary N) is 2. The van der Waals surface area contributed by atoms with Gasteiger partial charge in [-0.1, -0.05) is 29.3 Å². The van der Waals surface area contributed by atoms with Gasteiger partial charge in [0.1, 0.15) is 0 Å². The lowest BCUT2D eigenvalue weighted by Gasteiger charge is -2.40. The fourth-order valence-corrected chi connectivity index (χ4v) is 7.89. The highest BCUT2D eigenvalue weighted by Crippen LogP contribution is 2.34. The van der Waals surface area contributed by atoms with Crippen molar-refractivity contribution in [2.24, 2.45) is 17.8 Å². The molecule has 2 aromatic rings. The molecule has 2 amide bonds. The molecule has 0 spiro atoms. The van der Waals surface area contributed by atoms with Crippen LogP contribution in [0.1, 0.15) is 49.7 Å². The van der Waals surface area contributed by atoms with Gasteiger partial charge < -0.3 is 10.6 Å². The van der Waals surface area contributed by atoms with Crippen molar-refractivity contribution in [3.63, 3.8) is 0 Å². The Hall–Kier alpha value is -2.16. The quantitative estimate of drug-likeness (QED) is 0.332. The number of benzene rings is 2. The van der Waals surface area contributed by atoms with E-state index in [1.165, 1.54) is 42.4 Å². The SMILES string of the molecule is CNC(=O)CN1CCC(C2CCN(Cc3cc(CN4CCC(CNC=O)CC4)cc(-c4cc(Cl)cc(Cl)c4)c3)CC2)CC1. The van der Waals surface area contributed by atoms with Crippen LogP contribution in [0.2, 0.25) is 10.0 Å². The van der Waals surface area contributed by atoms with Gasteiger partial charge in [0.25, 0.3) is 0 Å². The maximum absolute atomic E-state index is 11.8. The maximum atomic E-state index is 11.8. The molecule has 0 bridgehead atoms. The third kappa shape index (κ3) is 9.41. The van der Waals surface area contributed by atoms with E-state index in [2.05, 4.69) is 43.5 Å². The van der Waals surface area contributed by atoms with E-state index in [1.54, 1.807) is 13.1 Å². The number of carbonyl (C=O) groups excluding carboxylic acids is 2. The van der Waals surface area contributed by atoms with Crippen molar-refractivity contribution in [3.8, 4) is 11.1 Å². The molecule has 0 radical (unpaired) electrons. The fraction of sp³-hybridized carbons (Fsp3) is 0.588. The third-order valence-electron chi connectivity index (χ3n) is 9.84. The molecule has 2 aromatic carbocycles. The van der Waals surface area contributed by atoms with E-state index in [0.717, 1.165) is 95.6 Å². The van der Waals surface area contributed by atoms with Crippen molar-refractivity contribution < 1.29 is 9.59 Å². The van der Waals surface area contributed by atoms with Gasteiger partial charge in [0.15, 0.2) is 0 Å². The van der Waals surface area contributed by atoms with Crippen LogP contribution in [0.3, 0.4) is 0 Å². The molecule has 3 aliphatic rings. The average Bonchev–Trinajstić information content (AvgIpc) is 3.01. The summed E-state index contributed by atoms with van der Waals surface area (Å²) >= 11 is 12.8. The molecule has 9 heteroatoms. The largest absolute Gasteiger partial charge is 0.358 e. The van der Waals surface area contributed by atoms with Gasteiger partial charge in [-0.3, -0.25) is 24.3 Å². The minimum absolute atomic E-state index is 0.116. The number of nitrogens with zero attached hydrogens (tertiary/aromatic N) is 3. The van der Waals surface area contributed by atoms with Crippen LogP contribution in [0.4, 0.5) is 0 Å². The molecule has 0 aliphatic carbocycles. The van der Waals surface area contributed by atoms with Crippen LogP contribution in [-0.2, 0) is 22.7 Å². The predicted molar refractivity (Wildman–Crippen MR) is 175 cm³/mol. The average molecular weight is 629 g/mol. The second-order valence-electron chi connectivity index (χ2n) is 12.8. The highest BCUT2D eigenvalue weighted by Gasteiger charge is 2.30. The van der Waals surface area contributed by atoms with Crippen molar-refractivity contribution in [1.29, 1.82) is 0 Å². The molecule has 234 valence electrons. The van der Waals surface area contributed by atoms with Crippen molar-refractivity contribution in [2.45, 2.75) is 51.6 Å². The van der Waals surface area contributed by atoms with Crippen LogP contribution < -0.4 is 10.6 Å². The summed E-state index contributed by atoms with van der Waals surface area (Å²) in [5, 5.41) is 6.91. The van der Waals surface area contributed by atoms with E-state index in [9.17, 15) is 9.59 Å². The van der Waals surface area contributed by atoms with E-state index in [-0.39, 0.29) is 5.91 Å². The van der Waals surface area contributed by atoms with Crippen molar-refractivity contribution in [3.05, 3.63) is 57.6 Å². The molecule has 5 rings (SSSR count). The standard InChI is InChI=1S/C34H47Cl2N5O2/c1-37-34(43)23-41-12-6-29(7-13-41)28-4-10-40(11-5-28)22-27-14-26(21-39-8-2-25(3-9-39)20-38-24-42)15-30(16-27)31-17-32(35)19-33(36)18-31/h14-19,24-25,28-29H,2-13,20-23H2,1H3,(H,37,43)(H,38,42). The van der Waals surface area contributed by atoms with Crippen LogP contribution >= 0.6 is 23.2 Å². The van der Waals surface area contributed by atoms with E-state index in [1.807, 2.05) is 12.1 Å². The summed E-state index contributed by atoms with van der Waals surface area (Å²) < 4.78 is 0. The first-order valence-electron chi connectivity index (χ1n) is 16.0. The summed E-state index contributed by atoms with van der Waals surface area (Å²) in [6.07, 6.45) is 7.96. The van der Waals surface area contributed by atoms with Crippen LogP contribution in [0, 0.1) is 17.8 Å². The Morgan fingerprint density at radius 1 is 0.744 bits per heavy atom. The Kier molecular flexibility index (Phi) is 11.8. The zero-order valence-electron chi connectivity index (χ0n) is 25.5. The smallest absolute Gasteiger partial charge is 0.233 e. The van der Waals surface area contributed by atoms with Crippen molar-refractivity contribution in [1.82, 2.24) is 25.3 Å². The van der Waals surface area contributed by atoms with Gasteiger partial charge in [0, 0.05) is 36.7 Å².